The minimum Gasteiger partial charge on any atom is -0.354 e. The van der Waals surface area contributed by atoms with Gasteiger partial charge in [0.2, 0.25) is 0 Å². The molecule has 2 aromatic rings. The molecule has 1 aromatic carbocycles. The summed E-state index contributed by atoms with van der Waals surface area (Å²) in [4.78, 5) is 20.9. The number of pyridine rings is 1. The van der Waals surface area contributed by atoms with Crippen LogP contribution < -0.4 is 5.32 Å². The predicted octanol–water partition coefficient (Wildman–Crippen LogP) is 3.17. The Bertz CT molecular complexity index is 724. The lowest BCUT2D eigenvalue weighted by Gasteiger charge is -2.32. The molecule has 0 bridgehead atoms. The lowest BCUT2D eigenvalue weighted by atomic mass is 10.2. The number of halogens is 1. The van der Waals surface area contributed by atoms with Crippen molar-refractivity contribution in [1.29, 1.82) is 0 Å². The standard InChI is InChI=1S/C18H21ClN4O/c1-13-11-14(19)3-5-16(13)21-15-4-6-17(20-12-15)18(24)23-9-7-22(2)8-10-23/h3-6,11-12,21H,7-10H2,1-2H3. The quantitative estimate of drug-likeness (QED) is 0.929. The number of benzene rings is 1. The van der Waals surface area contributed by atoms with E-state index in [0.717, 1.165) is 43.1 Å². The summed E-state index contributed by atoms with van der Waals surface area (Å²) in [5, 5.41) is 4.01. The van der Waals surface area contributed by atoms with Crippen LogP contribution in [0.5, 0.6) is 0 Å². The first-order valence-electron chi connectivity index (χ1n) is 8.00. The summed E-state index contributed by atoms with van der Waals surface area (Å²) >= 11 is 5.97. The number of amides is 1. The van der Waals surface area contributed by atoms with Crippen LogP contribution in [-0.4, -0.2) is 53.9 Å². The second-order valence-corrected chi connectivity index (χ2v) is 6.55. The number of aromatic nitrogens is 1. The summed E-state index contributed by atoms with van der Waals surface area (Å²) in [5.41, 5.74) is 3.35. The van der Waals surface area contributed by atoms with Gasteiger partial charge in [0.15, 0.2) is 0 Å². The molecule has 1 amide bonds. The van der Waals surface area contributed by atoms with Crippen LogP contribution in [0, 0.1) is 6.92 Å². The first-order chi connectivity index (χ1) is 11.5. The van der Waals surface area contributed by atoms with E-state index in [1.165, 1.54) is 0 Å². The van der Waals surface area contributed by atoms with Crippen LogP contribution in [0.2, 0.25) is 5.02 Å². The summed E-state index contributed by atoms with van der Waals surface area (Å²) in [6.07, 6.45) is 1.69. The van der Waals surface area contributed by atoms with Gasteiger partial charge in [0, 0.05) is 36.9 Å². The number of hydrogen-bond acceptors (Lipinski definition) is 4. The van der Waals surface area contributed by atoms with Crippen LogP contribution in [0.15, 0.2) is 36.5 Å². The number of carbonyl (C=O) groups is 1. The Morgan fingerprint density at radius 1 is 1.17 bits per heavy atom. The van der Waals surface area contributed by atoms with Crippen molar-refractivity contribution in [2.75, 3.05) is 38.5 Å². The molecule has 0 unspecified atom stereocenters. The van der Waals surface area contributed by atoms with Gasteiger partial charge < -0.3 is 15.1 Å². The van der Waals surface area contributed by atoms with E-state index < -0.39 is 0 Å². The average molecular weight is 345 g/mol. The fourth-order valence-corrected chi connectivity index (χ4v) is 2.92. The van der Waals surface area contributed by atoms with E-state index >= 15 is 0 Å². The zero-order chi connectivity index (χ0) is 17.1. The Hall–Kier alpha value is -2.11. The van der Waals surface area contributed by atoms with Gasteiger partial charge in [-0.2, -0.15) is 0 Å². The zero-order valence-corrected chi connectivity index (χ0v) is 14.7. The molecule has 0 radical (unpaired) electrons. The highest BCUT2D eigenvalue weighted by Crippen LogP contribution is 2.23. The number of carbonyl (C=O) groups excluding carboxylic acids is 1. The Morgan fingerprint density at radius 2 is 1.92 bits per heavy atom. The van der Waals surface area contributed by atoms with Crippen LogP contribution in [0.3, 0.4) is 0 Å². The van der Waals surface area contributed by atoms with Crippen LogP contribution in [0.4, 0.5) is 11.4 Å². The molecule has 6 heteroatoms. The molecule has 0 spiro atoms. The Labute approximate surface area is 147 Å². The van der Waals surface area contributed by atoms with Gasteiger partial charge in [0.25, 0.3) is 5.91 Å². The largest absolute Gasteiger partial charge is 0.354 e. The number of aryl methyl sites for hydroxylation is 1. The van der Waals surface area contributed by atoms with E-state index in [1.807, 2.05) is 36.1 Å². The SMILES string of the molecule is Cc1cc(Cl)ccc1Nc1ccc(C(=O)N2CCN(C)CC2)nc1. The summed E-state index contributed by atoms with van der Waals surface area (Å²) in [5.74, 6) is -0.00248. The third kappa shape index (κ3) is 3.86. The molecule has 0 aliphatic carbocycles. The molecule has 0 saturated carbocycles. The minimum absolute atomic E-state index is 0.00248. The number of anilines is 2. The van der Waals surface area contributed by atoms with Gasteiger partial charge in [-0.1, -0.05) is 11.6 Å². The fourth-order valence-electron chi connectivity index (χ4n) is 2.69. The number of rotatable bonds is 3. The third-order valence-electron chi connectivity index (χ3n) is 4.24. The van der Waals surface area contributed by atoms with Crippen molar-refractivity contribution in [3.05, 3.63) is 52.8 Å². The van der Waals surface area contributed by atoms with E-state index in [9.17, 15) is 4.79 Å². The van der Waals surface area contributed by atoms with Crippen LogP contribution in [0.25, 0.3) is 0 Å². The third-order valence-corrected chi connectivity index (χ3v) is 4.48. The molecule has 1 aromatic heterocycles. The predicted molar refractivity (Wildman–Crippen MR) is 97.1 cm³/mol. The molecular weight excluding hydrogens is 324 g/mol. The smallest absolute Gasteiger partial charge is 0.272 e. The molecule has 0 atom stereocenters. The second-order valence-electron chi connectivity index (χ2n) is 6.11. The highest BCUT2D eigenvalue weighted by Gasteiger charge is 2.21. The molecule has 1 N–H and O–H groups in total. The van der Waals surface area contributed by atoms with E-state index in [1.54, 1.807) is 12.3 Å². The summed E-state index contributed by atoms with van der Waals surface area (Å²) < 4.78 is 0. The number of hydrogen-bond donors (Lipinski definition) is 1. The summed E-state index contributed by atoms with van der Waals surface area (Å²) in [6, 6.07) is 9.33. The highest BCUT2D eigenvalue weighted by molar-refractivity contribution is 6.30. The molecule has 126 valence electrons. The highest BCUT2D eigenvalue weighted by atomic mass is 35.5. The molecule has 3 rings (SSSR count). The van der Waals surface area contributed by atoms with Gasteiger partial charge in [-0.15, -0.1) is 0 Å². The Morgan fingerprint density at radius 3 is 2.54 bits per heavy atom. The van der Waals surface area contributed by atoms with Crippen LogP contribution in [-0.2, 0) is 0 Å². The number of piperazine rings is 1. The van der Waals surface area contributed by atoms with Crippen molar-refractivity contribution in [2.24, 2.45) is 0 Å². The monoisotopic (exact) mass is 344 g/mol. The fraction of sp³-hybridized carbons (Fsp3) is 0.333. The van der Waals surface area contributed by atoms with E-state index in [2.05, 4.69) is 22.2 Å². The maximum Gasteiger partial charge on any atom is 0.272 e. The van der Waals surface area contributed by atoms with Crippen LogP contribution >= 0.6 is 11.6 Å². The molecule has 24 heavy (non-hydrogen) atoms. The number of likely N-dealkylation sites (N-methyl/N-ethyl adjacent to an activating group) is 1. The number of nitrogens with one attached hydrogen (secondary N) is 1. The first kappa shape index (κ1) is 16.7. The maximum atomic E-state index is 12.5. The molecule has 1 saturated heterocycles. The van der Waals surface area contributed by atoms with E-state index in [4.69, 9.17) is 11.6 Å². The Kier molecular flexibility index (Phi) is 5.02. The van der Waals surface area contributed by atoms with Crippen molar-refractivity contribution in [3.8, 4) is 0 Å². The van der Waals surface area contributed by atoms with Gasteiger partial charge in [-0.25, -0.2) is 4.98 Å². The lowest BCUT2D eigenvalue weighted by Crippen LogP contribution is -2.47. The van der Waals surface area contributed by atoms with Gasteiger partial charge in [0.05, 0.1) is 11.9 Å². The van der Waals surface area contributed by atoms with Crippen molar-refractivity contribution in [3.63, 3.8) is 0 Å². The topological polar surface area (TPSA) is 48.5 Å². The molecular formula is C18H21ClN4O. The lowest BCUT2D eigenvalue weighted by molar-refractivity contribution is 0.0658. The summed E-state index contributed by atoms with van der Waals surface area (Å²) in [7, 11) is 2.07. The molecule has 2 heterocycles. The van der Waals surface area contributed by atoms with Gasteiger partial charge in [-0.05, 0) is 49.9 Å². The average Bonchev–Trinajstić information content (AvgIpc) is 2.58. The normalized spacial score (nSPS) is 15.4. The van der Waals surface area contributed by atoms with Crippen molar-refractivity contribution in [2.45, 2.75) is 6.92 Å². The summed E-state index contributed by atoms with van der Waals surface area (Å²) in [6.45, 7) is 5.30. The van der Waals surface area contributed by atoms with Crippen LogP contribution in [0.1, 0.15) is 16.1 Å². The van der Waals surface area contributed by atoms with Gasteiger partial charge >= 0.3 is 0 Å². The molecule has 1 aliphatic rings. The molecule has 1 aliphatic heterocycles. The van der Waals surface area contributed by atoms with E-state index in [0.29, 0.717) is 10.7 Å². The van der Waals surface area contributed by atoms with Gasteiger partial charge in [-0.3, -0.25) is 4.79 Å². The molecule has 1 fully saturated rings. The van der Waals surface area contributed by atoms with Gasteiger partial charge in [0.1, 0.15) is 5.69 Å². The van der Waals surface area contributed by atoms with Crippen molar-refractivity contribution < 1.29 is 4.79 Å². The van der Waals surface area contributed by atoms with Crippen molar-refractivity contribution >= 4 is 28.9 Å². The Balaban J connectivity index is 1.68. The molecule has 5 nitrogen and oxygen atoms in total. The first-order valence-corrected chi connectivity index (χ1v) is 8.38. The maximum absolute atomic E-state index is 12.5. The van der Waals surface area contributed by atoms with Crippen molar-refractivity contribution in [1.82, 2.24) is 14.8 Å². The van der Waals surface area contributed by atoms with E-state index in [-0.39, 0.29) is 5.91 Å². The second kappa shape index (κ2) is 7.20. The number of nitrogens with zero attached hydrogens (tertiary/aromatic N) is 3. The zero-order valence-electron chi connectivity index (χ0n) is 13.9. The minimum atomic E-state index is -0.00248.